The SMILES string of the molecule is CCNCCC(C)Oc1ccccc1CC. The highest BCUT2D eigenvalue weighted by Gasteiger charge is 2.06. The Morgan fingerprint density at radius 3 is 2.69 bits per heavy atom. The molecule has 0 radical (unpaired) electrons. The van der Waals surface area contributed by atoms with Crippen LogP contribution in [0.4, 0.5) is 0 Å². The summed E-state index contributed by atoms with van der Waals surface area (Å²) in [7, 11) is 0. The summed E-state index contributed by atoms with van der Waals surface area (Å²) in [5, 5.41) is 3.31. The van der Waals surface area contributed by atoms with Crippen molar-refractivity contribution in [2.45, 2.75) is 39.7 Å². The first-order chi connectivity index (χ1) is 7.77. The van der Waals surface area contributed by atoms with Crippen molar-refractivity contribution in [3.63, 3.8) is 0 Å². The molecular weight excluding hydrogens is 198 g/mol. The van der Waals surface area contributed by atoms with Crippen LogP contribution in [-0.2, 0) is 6.42 Å². The van der Waals surface area contributed by atoms with Gasteiger partial charge in [-0.3, -0.25) is 0 Å². The maximum Gasteiger partial charge on any atom is 0.122 e. The lowest BCUT2D eigenvalue weighted by atomic mass is 10.1. The van der Waals surface area contributed by atoms with Gasteiger partial charge in [-0.05, 0) is 44.5 Å². The molecule has 1 N–H and O–H groups in total. The molecule has 0 aromatic heterocycles. The normalized spacial score (nSPS) is 12.4. The topological polar surface area (TPSA) is 21.3 Å². The van der Waals surface area contributed by atoms with Gasteiger partial charge in [-0.1, -0.05) is 32.0 Å². The Labute approximate surface area is 99.0 Å². The highest BCUT2D eigenvalue weighted by atomic mass is 16.5. The Balaban J connectivity index is 2.45. The van der Waals surface area contributed by atoms with Gasteiger partial charge in [-0.15, -0.1) is 0 Å². The highest BCUT2D eigenvalue weighted by Crippen LogP contribution is 2.20. The summed E-state index contributed by atoms with van der Waals surface area (Å²) in [5.41, 5.74) is 1.29. The van der Waals surface area contributed by atoms with E-state index in [1.165, 1.54) is 5.56 Å². The molecule has 0 aliphatic rings. The number of hydrogen-bond acceptors (Lipinski definition) is 2. The van der Waals surface area contributed by atoms with Crippen LogP contribution >= 0.6 is 0 Å². The summed E-state index contributed by atoms with van der Waals surface area (Å²) in [6.45, 7) is 8.46. The largest absolute Gasteiger partial charge is 0.490 e. The first-order valence-corrected chi connectivity index (χ1v) is 6.23. The van der Waals surface area contributed by atoms with Gasteiger partial charge >= 0.3 is 0 Å². The average molecular weight is 221 g/mol. The van der Waals surface area contributed by atoms with Crippen molar-refractivity contribution in [1.29, 1.82) is 0 Å². The Morgan fingerprint density at radius 1 is 1.25 bits per heavy atom. The molecule has 0 saturated heterocycles. The summed E-state index contributed by atoms with van der Waals surface area (Å²) in [6.07, 6.45) is 2.34. The number of nitrogens with one attached hydrogen (secondary N) is 1. The Bertz CT molecular complexity index is 299. The zero-order valence-corrected chi connectivity index (χ0v) is 10.6. The highest BCUT2D eigenvalue weighted by molar-refractivity contribution is 5.33. The van der Waals surface area contributed by atoms with Crippen LogP contribution in [0.15, 0.2) is 24.3 Å². The van der Waals surface area contributed by atoms with Crippen molar-refractivity contribution in [3.8, 4) is 5.75 Å². The molecule has 0 spiro atoms. The van der Waals surface area contributed by atoms with E-state index >= 15 is 0 Å². The van der Waals surface area contributed by atoms with Gasteiger partial charge in [0.2, 0.25) is 0 Å². The lowest BCUT2D eigenvalue weighted by Gasteiger charge is -2.17. The molecule has 0 fully saturated rings. The van der Waals surface area contributed by atoms with Crippen molar-refractivity contribution >= 4 is 0 Å². The fourth-order valence-electron chi connectivity index (χ4n) is 1.67. The van der Waals surface area contributed by atoms with Crippen molar-refractivity contribution < 1.29 is 4.74 Å². The Morgan fingerprint density at radius 2 is 2.00 bits per heavy atom. The third-order valence-electron chi connectivity index (χ3n) is 2.66. The second-order valence-electron chi connectivity index (χ2n) is 4.03. The second kappa shape index (κ2) is 7.29. The number of ether oxygens (including phenoxy) is 1. The maximum absolute atomic E-state index is 5.94. The molecule has 1 atom stereocenters. The van der Waals surface area contributed by atoms with E-state index in [-0.39, 0.29) is 6.10 Å². The number of hydrogen-bond donors (Lipinski definition) is 1. The smallest absolute Gasteiger partial charge is 0.122 e. The lowest BCUT2D eigenvalue weighted by molar-refractivity contribution is 0.208. The van der Waals surface area contributed by atoms with Gasteiger partial charge in [-0.25, -0.2) is 0 Å². The molecule has 90 valence electrons. The van der Waals surface area contributed by atoms with Crippen LogP contribution in [0.2, 0.25) is 0 Å². The van der Waals surface area contributed by atoms with Gasteiger partial charge in [0.15, 0.2) is 0 Å². The van der Waals surface area contributed by atoms with Crippen LogP contribution in [0.1, 0.15) is 32.8 Å². The van der Waals surface area contributed by atoms with Crippen molar-refractivity contribution in [2.75, 3.05) is 13.1 Å². The van der Waals surface area contributed by atoms with E-state index in [1.54, 1.807) is 0 Å². The second-order valence-corrected chi connectivity index (χ2v) is 4.03. The van der Waals surface area contributed by atoms with E-state index in [1.807, 2.05) is 6.07 Å². The van der Waals surface area contributed by atoms with Crippen molar-refractivity contribution in [2.24, 2.45) is 0 Å². The zero-order valence-electron chi connectivity index (χ0n) is 10.6. The molecule has 1 aromatic rings. The van der Waals surface area contributed by atoms with Gasteiger partial charge in [0.05, 0.1) is 6.10 Å². The summed E-state index contributed by atoms with van der Waals surface area (Å²) in [6, 6.07) is 8.29. The van der Waals surface area contributed by atoms with Gasteiger partial charge in [0.25, 0.3) is 0 Å². The molecule has 1 unspecified atom stereocenters. The summed E-state index contributed by atoms with van der Waals surface area (Å²) in [4.78, 5) is 0. The quantitative estimate of drug-likeness (QED) is 0.715. The predicted octanol–water partition coefficient (Wildman–Crippen LogP) is 3.02. The lowest BCUT2D eigenvalue weighted by Crippen LogP contribution is -2.22. The van der Waals surface area contributed by atoms with Gasteiger partial charge in [0, 0.05) is 0 Å². The molecule has 0 saturated carbocycles. The number of aryl methyl sites for hydroxylation is 1. The zero-order chi connectivity index (χ0) is 11.8. The average Bonchev–Trinajstić information content (AvgIpc) is 2.30. The van der Waals surface area contributed by atoms with Crippen LogP contribution in [0, 0.1) is 0 Å². The first-order valence-electron chi connectivity index (χ1n) is 6.23. The molecule has 2 heteroatoms. The monoisotopic (exact) mass is 221 g/mol. The minimum atomic E-state index is 0.270. The summed E-state index contributed by atoms with van der Waals surface area (Å²) in [5.74, 6) is 1.04. The number of benzene rings is 1. The molecule has 2 nitrogen and oxygen atoms in total. The van der Waals surface area contributed by atoms with Gasteiger partial charge < -0.3 is 10.1 Å². The van der Waals surface area contributed by atoms with E-state index in [2.05, 4.69) is 44.3 Å². The van der Waals surface area contributed by atoms with Gasteiger partial charge in [-0.2, -0.15) is 0 Å². The minimum absolute atomic E-state index is 0.270. The van der Waals surface area contributed by atoms with Gasteiger partial charge in [0.1, 0.15) is 5.75 Å². The summed E-state index contributed by atoms with van der Waals surface area (Å²) >= 11 is 0. The number of rotatable bonds is 7. The number of para-hydroxylation sites is 1. The van der Waals surface area contributed by atoms with Crippen LogP contribution in [0.5, 0.6) is 5.75 Å². The molecule has 0 aliphatic heterocycles. The molecule has 16 heavy (non-hydrogen) atoms. The molecule has 0 heterocycles. The Kier molecular flexibility index (Phi) is 5.94. The molecule has 0 amide bonds. The molecule has 0 aliphatic carbocycles. The van der Waals surface area contributed by atoms with E-state index < -0.39 is 0 Å². The van der Waals surface area contributed by atoms with E-state index in [0.29, 0.717) is 0 Å². The van der Waals surface area contributed by atoms with Crippen molar-refractivity contribution in [1.82, 2.24) is 5.32 Å². The molecular formula is C14H23NO. The fraction of sp³-hybridized carbons (Fsp3) is 0.571. The molecule has 1 rings (SSSR count). The molecule has 1 aromatic carbocycles. The van der Waals surface area contributed by atoms with Crippen LogP contribution in [-0.4, -0.2) is 19.2 Å². The standard InChI is InChI=1S/C14H23NO/c1-4-13-8-6-7-9-14(13)16-12(3)10-11-15-5-2/h6-9,12,15H,4-5,10-11H2,1-3H3. The fourth-order valence-corrected chi connectivity index (χ4v) is 1.67. The van der Waals surface area contributed by atoms with Crippen molar-refractivity contribution in [3.05, 3.63) is 29.8 Å². The van der Waals surface area contributed by atoms with E-state index in [9.17, 15) is 0 Å². The predicted molar refractivity (Wildman–Crippen MR) is 69.1 cm³/mol. The maximum atomic E-state index is 5.94. The third-order valence-corrected chi connectivity index (χ3v) is 2.66. The first kappa shape index (κ1) is 13.0. The molecule has 0 bridgehead atoms. The van der Waals surface area contributed by atoms with E-state index in [4.69, 9.17) is 4.74 Å². The Hall–Kier alpha value is -1.02. The van der Waals surface area contributed by atoms with Crippen LogP contribution in [0.25, 0.3) is 0 Å². The van der Waals surface area contributed by atoms with Crippen LogP contribution in [0.3, 0.4) is 0 Å². The van der Waals surface area contributed by atoms with E-state index in [0.717, 1.165) is 31.7 Å². The summed E-state index contributed by atoms with van der Waals surface area (Å²) < 4.78 is 5.94. The third kappa shape index (κ3) is 4.23. The van der Waals surface area contributed by atoms with Crippen LogP contribution < -0.4 is 10.1 Å². The minimum Gasteiger partial charge on any atom is -0.490 e.